The van der Waals surface area contributed by atoms with Gasteiger partial charge >= 0.3 is 35.8 Å². The van der Waals surface area contributed by atoms with E-state index in [1.165, 1.54) is 38.2 Å². The number of allylic oxidation sites excluding steroid dienone is 9. The summed E-state index contributed by atoms with van der Waals surface area (Å²) in [7, 11) is 0. The van der Waals surface area contributed by atoms with Crippen molar-refractivity contribution in [2.75, 3.05) is 0 Å². The van der Waals surface area contributed by atoms with Gasteiger partial charge in [-0.3, -0.25) is 4.79 Å². The minimum absolute atomic E-state index is 0.0574. The van der Waals surface area contributed by atoms with Crippen LogP contribution in [0, 0.1) is 12.0 Å². The molecule has 3 heterocycles. The molecular weight excluding hydrogens is 656 g/mol. The van der Waals surface area contributed by atoms with Crippen LogP contribution in [0.4, 0.5) is 0 Å². The Bertz CT molecular complexity index is 1720. The molecule has 50 heavy (non-hydrogen) atoms. The van der Waals surface area contributed by atoms with Crippen molar-refractivity contribution >= 4 is 35.8 Å². The zero-order chi connectivity index (χ0) is 36.7. The van der Waals surface area contributed by atoms with Crippen molar-refractivity contribution in [3.8, 4) is 12.0 Å². The van der Waals surface area contributed by atoms with E-state index >= 15 is 0 Å². The number of hydrogen-bond donors (Lipinski definition) is 1. The fraction of sp³-hybridized carbons (Fsp3) is 0.389. The number of aliphatic hydroxyl groups excluding tert-OH is 1. The second-order valence-electron chi connectivity index (χ2n) is 11.9. The van der Waals surface area contributed by atoms with Crippen molar-refractivity contribution in [3.63, 3.8) is 0 Å². The molecule has 1 aliphatic carbocycles. The molecule has 0 aromatic carbocycles. The van der Waals surface area contributed by atoms with E-state index in [-0.39, 0.29) is 49.7 Å². The second kappa shape index (κ2) is 15.1. The Morgan fingerprint density at radius 3 is 1.76 bits per heavy atom. The zero-order valence-electron chi connectivity index (χ0n) is 28.1. The van der Waals surface area contributed by atoms with Crippen LogP contribution in [0.25, 0.3) is 0 Å². The lowest BCUT2D eigenvalue weighted by molar-refractivity contribution is -0.297. The van der Waals surface area contributed by atoms with Gasteiger partial charge in [-0.25, -0.2) is 24.0 Å². The van der Waals surface area contributed by atoms with Crippen LogP contribution >= 0.6 is 0 Å². The van der Waals surface area contributed by atoms with Gasteiger partial charge in [0.15, 0.2) is 0 Å². The predicted octanol–water partition coefficient (Wildman–Crippen LogP) is 4.39. The highest BCUT2D eigenvalue weighted by Crippen LogP contribution is 2.45. The fourth-order valence-electron chi connectivity index (χ4n) is 5.16. The lowest BCUT2D eigenvalue weighted by atomic mass is 9.87. The Labute approximate surface area is 287 Å². The molecule has 14 nitrogen and oxygen atoms in total. The van der Waals surface area contributed by atoms with Crippen LogP contribution in [0.3, 0.4) is 0 Å². The van der Waals surface area contributed by atoms with Gasteiger partial charge in [-0.15, -0.1) is 0 Å². The number of rotatable bonds is 8. The first-order chi connectivity index (χ1) is 23.6. The van der Waals surface area contributed by atoms with Crippen LogP contribution in [-0.4, -0.2) is 58.3 Å². The molecule has 0 bridgehead atoms. The summed E-state index contributed by atoms with van der Waals surface area (Å²) in [6, 6.07) is 0. The molecule has 1 saturated carbocycles. The Morgan fingerprint density at radius 2 is 1.26 bits per heavy atom. The number of ether oxygens (including phenoxy) is 7. The van der Waals surface area contributed by atoms with Gasteiger partial charge in [0.05, 0.1) is 6.42 Å². The average Bonchev–Trinajstić information content (AvgIpc) is 3.03. The summed E-state index contributed by atoms with van der Waals surface area (Å²) in [6.07, 6.45) is 13.2. The van der Waals surface area contributed by atoms with Gasteiger partial charge in [0.25, 0.3) is 23.3 Å². The zero-order valence-corrected chi connectivity index (χ0v) is 28.1. The molecule has 3 fully saturated rings. The summed E-state index contributed by atoms with van der Waals surface area (Å²) in [5.74, 6) is -8.35. The third kappa shape index (κ3) is 8.79. The minimum Gasteiger partial charge on any atom is -0.480 e. The second-order valence-corrected chi connectivity index (χ2v) is 11.9. The van der Waals surface area contributed by atoms with Crippen molar-refractivity contribution in [3.05, 3.63) is 82.4 Å². The maximum Gasteiger partial charge on any atom is 0.348 e. The van der Waals surface area contributed by atoms with Crippen LogP contribution in [0.5, 0.6) is 0 Å². The summed E-state index contributed by atoms with van der Waals surface area (Å²) in [5, 5.41) is 10.6. The number of carbonyl (C=O) groups is 6. The van der Waals surface area contributed by atoms with Crippen molar-refractivity contribution in [2.24, 2.45) is 0 Å². The Balaban J connectivity index is 1.36. The molecule has 4 rings (SSSR count). The molecule has 0 atom stereocenters. The van der Waals surface area contributed by atoms with E-state index in [2.05, 4.69) is 16.8 Å². The SMILES string of the molecule is CC#COC(=O)CCC1(C)OC(=O)C(=C/C=C(C)/C=C/C2=C(O)OC3(CCC4(CC3)OC(=O)C(=C/C=C(C)/C=C/C)C(=O)O4)OC2=O)C(=O)O1. The fourth-order valence-corrected chi connectivity index (χ4v) is 5.16. The van der Waals surface area contributed by atoms with Crippen LogP contribution in [-0.2, 0) is 61.9 Å². The van der Waals surface area contributed by atoms with E-state index in [1.54, 1.807) is 26.0 Å². The monoisotopic (exact) mass is 692 g/mol. The van der Waals surface area contributed by atoms with Gasteiger partial charge < -0.3 is 38.3 Å². The predicted molar refractivity (Wildman–Crippen MR) is 170 cm³/mol. The molecular formula is C36H36O14. The molecule has 1 N–H and O–H groups in total. The van der Waals surface area contributed by atoms with E-state index in [0.29, 0.717) is 5.57 Å². The van der Waals surface area contributed by atoms with Gasteiger partial charge in [-0.05, 0) is 39.0 Å². The van der Waals surface area contributed by atoms with Gasteiger partial charge in [-0.1, -0.05) is 47.4 Å². The summed E-state index contributed by atoms with van der Waals surface area (Å²) in [5.41, 5.74) is 0.265. The van der Waals surface area contributed by atoms with Gasteiger partial charge in [0.2, 0.25) is 0 Å². The summed E-state index contributed by atoms with van der Waals surface area (Å²) in [4.78, 5) is 75.1. The van der Waals surface area contributed by atoms with Crippen LogP contribution < -0.4 is 0 Å². The number of carbonyl (C=O) groups excluding carboxylic acids is 6. The van der Waals surface area contributed by atoms with Gasteiger partial charge in [0.1, 0.15) is 22.8 Å². The van der Waals surface area contributed by atoms with E-state index in [4.69, 9.17) is 28.4 Å². The molecule has 14 heteroatoms. The summed E-state index contributed by atoms with van der Waals surface area (Å²) >= 11 is 0. The standard InChI is InChI=1S/C36H36O14/c1-6-8-22(3)9-12-25-30(40)47-35(48-31(25)41)17-19-36(20-18-35)49-32(42)26(33(43)50-36)14-11-23(4)10-13-24-28(38)45-34(5,46-29(24)39)16-15-27(37)44-21-7-2/h6,8-14,42H,15-20H2,1-5H3/b8-6+,14-11+,22-9+,23-10+,24-13?,25-12?. The maximum absolute atomic E-state index is 12.9. The molecule has 0 radical (unpaired) electrons. The molecule has 0 aromatic heterocycles. The first-order valence-corrected chi connectivity index (χ1v) is 15.6. The molecule has 4 aliphatic rings. The highest BCUT2D eigenvalue weighted by molar-refractivity contribution is 6.16. The first-order valence-electron chi connectivity index (χ1n) is 15.6. The number of aliphatic hydroxyl groups is 1. The largest absolute Gasteiger partial charge is 0.480 e. The number of esters is 6. The third-order valence-corrected chi connectivity index (χ3v) is 7.86. The smallest absolute Gasteiger partial charge is 0.348 e. The number of hydrogen-bond acceptors (Lipinski definition) is 14. The molecule has 264 valence electrons. The lowest BCUT2D eigenvalue weighted by Gasteiger charge is -2.46. The molecule has 0 unspecified atom stereocenters. The van der Waals surface area contributed by atoms with E-state index in [1.807, 2.05) is 13.0 Å². The molecule has 3 aliphatic heterocycles. The van der Waals surface area contributed by atoms with Crippen LogP contribution in [0.2, 0.25) is 0 Å². The van der Waals surface area contributed by atoms with E-state index < -0.39 is 64.7 Å². The van der Waals surface area contributed by atoms with Crippen molar-refractivity contribution < 1.29 is 67.0 Å². The summed E-state index contributed by atoms with van der Waals surface area (Å²) < 4.78 is 37.3. The Hall–Kier alpha value is -5.84. The van der Waals surface area contributed by atoms with E-state index in [0.717, 1.165) is 11.6 Å². The molecule has 0 amide bonds. The summed E-state index contributed by atoms with van der Waals surface area (Å²) in [6.45, 7) is 8.04. The van der Waals surface area contributed by atoms with Crippen LogP contribution in [0.1, 0.15) is 73.1 Å². The Kier molecular flexibility index (Phi) is 11.2. The van der Waals surface area contributed by atoms with Crippen molar-refractivity contribution in [1.82, 2.24) is 0 Å². The van der Waals surface area contributed by atoms with Crippen molar-refractivity contribution in [1.29, 1.82) is 0 Å². The normalized spacial score (nSPS) is 27.3. The first kappa shape index (κ1) is 37.0. The minimum atomic E-state index is -1.68. The molecule has 0 aromatic rings. The van der Waals surface area contributed by atoms with Gasteiger partial charge in [-0.2, -0.15) is 0 Å². The lowest BCUT2D eigenvalue weighted by Crippen LogP contribution is -2.54. The van der Waals surface area contributed by atoms with Crippen LogP contribution in [0.15, 0.2) is 82.4 Å². The van der Waals surface area contributed by atoms with E-state index in [9.17, 15) is 33.9 Å². The van der Waals surface area contributed by atoms with Crippen molar-refractivity contribution in [2.45, 2.75) is 90.5 Å². The highest BCUT2D eigenvalue weighted by atomic mass is 16.8. The topological polar surface area (TPSA) is 187 Å². The van der Waals surface area contributed by atoms with Gasteiger partial charge in [0, 0.05) is 46.0 Å². The quantitative estimate of drug-likeness (QED) is 0.0942. The maximum atomic E-state index is 12.9. The number of cyclic esters (lactones) is 2. The highest BCUT2D eigenvalue weighted by Gasteiger charge is 2.56. The molecule has 2 saturated heterocycles. The molecule has 2 spiro atoms. The average molecular weight is 693 g/mol. The third-order valence-electron chi connectivity index (χ3n) is 7.86. The Morgan fingerprint density at radius 1 is 0.780 bits per heavy atom.